The smallest absolute Gasteiger partial charge is 0.338 e. The second kappa shape index (κ2) is 5.24. The highest BCUT2D eigenvalue weighted by atomic mass is 16.5. The molecule has 5 heteroatoms. The van der Waals surface area contributed by atoms with Crippen LogP contribution in [0.2, 0.25) is 0 Å². The lowest BCUT2D eigenvalue weighted by atomic mass is 9.79. The zero-order valence-electron chi connectivity index (χ0n) is 11.7. The van der Waals surface area contributed by atoms with Gasteiger partial charge < -0.3 is 15.2 Å². The highest BCUT2D eigenvalue weighted by molar-refractivity contribution is 5.91. The van der Waals surface area contributed by atoms with Crippen molar-refractivity contribution < 1.29 is 19.4 Å². The van der Waals surface area contributed by atoms with Gasteiger partial charge in [0.1, 0.15) is 6.04 Å². The van der Waals surface area contributed by atoms with Crippen LogP contribution >= 0.6 is 0 Å². The number of ether oxygens (including phenoxy) is 1. The molecule has 1 aliphatic carbocycles. The summed E-state index contributed by atoms with van der Waals surface area (Å²) in [6.45, 7) is 2.10. The minimum Gasteiger partial charge on any atom is -0.480 e. The molecule has 3 rings (SSSR count). The van der Waals surface area contributed by atoms with E-state index >= 15 is 0 Å². The first-order valence-corrected chi connectivity index (χ1v) is 7.09. The molecule has 1 aliphatic heterocycles. The number of hydrogen-bond donors (Lipinski definition) is 2. The van der Waals surface area contributed by atoms with Crippen molar-refractivity contribution in [2.75, 3.05) is 11.9 Å². The van der Waals surface area contributed by atoms with E-state index in [4.69, 9.17) is 4.74 Å². The van der Waals surface area contributed by atoms with Gasteiger partial charge in [-0.15, -0.1) is 0 Å². The third kappa shape index (κ3) is 2.28. The summed E-state index contributed by atoms with van der Waals surface area (Å²) in [7, 11) is 0. The Morgan fingerprint density at radius 1 is 1.43 bits per heavy atom. The molecule has 0 radical (unpaired) electrons. The number of fused-ring (bicyclic) bond motifs is 3. The molecule has 5 nitrogen and oxygen atoms in total. The predicted molar refractivity (Wildman–Crippen MR) is 77.4 cm³/mol. The summed E-state index contributed by atoms with van der Waals surface area (Å²) in [4.78, 5) is 23.2. The molecule has 2 aliphatic rings. The number of carbonyl (C=O) groups is 2. The molecule has 1 heterocycles. The van der Waals surface area contributed by atoms with Gasteiger partial charge in [-0.3, -0.25) is 0 Å². The standard InChI is InChI=1S/C16H17NO4/c1-2-21-16(20)9-6-7-13-12(8-9)10-4-3-5-11(10)14(17-13)15(18)19/h3-4,6-8,10-11,14,17H,2,5H2,1H3,(H,18,19)/t10-,11-,14-/m1/s1. The molecule has 110 valence electrons. The number of rotatable bonds is 3. The third-order valence-corrected chi connectivity index (χ3v) is 4.14. The molecule has 0 bridgehead atoms. The Kier molecular flexibility index (Phi) is 3.41. The number of aliphatic carboxylic acids is 1. The van der Waals surface area contributed by atoms with Crippen LogP contribution in [0.5, 0.6) is 0 Å². The monoisotopic (exact) mass is 287 g/mol. The third-order valence-electron chi connectivity index (χ3n) is 4.14. The maximum atomic E-state index is 11.8. The van der Waals surface area contributed by atoms with E-state index in [1.54, 1.807) is 19.1 Å². The highest BCUT2D eigenvalue weighted by Gasteiger charge is 2.40. The number of allylic oxidation sites excluding steroid dienone is 2. The number of anilines is 1. The zero-order chi connectivity index (χ0) is 15.0. The molecule has 0 unspecified atom stereocenters. The molecule has 3 atom stereocenters. The van der Waals surface area contributed by atoms with Crippen LogP contribution in [0.25, 0.3) is 0 Å². The van der Waals surface area contributed by atoms with Crippen LogP contribution < -0.4 is 5.32 Å². The Balaban J connectivity index is 1.99. The molecule has 0 spiro atoms. The molecular weight excluding hydrogens is 270 g/mol. The van der Waals surface area contributed by atoms with Crippen LogP contribution in [0.1, 0.15) is 35.2 Å². The minimum atomic E-state index is -0.839. The molecule has 0 saturated carbocycles. The van der Waals surface area contributed by atoms with E-state index in [0.717, 1.165) is 17.7 Å². The summed E-state index contributed by atoms with van der Waals surface area (Å²) < 4.78 is 5.02. The van der Waals surface area contributed by atoms with Gasteiger partial charge in [0.25, 0.3) is 0 Å². The number of carboxylic acids is 1. The zero-order valence-corrected chi connectivity index (χ0v) is 11.7. The number of benzene rings is 1. The predicted octanol–water partition coefficient (Wildman–Crippen LogP) is 2.40. The Morgan fingerprint density at radius 3 is 2.95 bits per heavy atom. The topological polar surface area (TPSA) is 75.6 Å². The van der Waals surface area contributed by atoms with Gasteiger partial charge in [-0.25, -0.2) is 9.59 Å². The van der Waals surface area contributed by atoms with Gasteiger partial charge in [-0.2, -0.15) is 0 Å². The largest absolute Gasteiger partial charge is 0.480 e. The van der Waals surface area contributed by atoms with Gasteiger partial charge >= 0.3 is 11.9 Å². The summed E-state index contributed by atoms with van der Waals surface area (Å²) in [6.07, 6.45) is 4.78. The molecule has 1 aromatic rings. The minimum absolute atomic E-state index is 0.00699. The van der Waals surface area contributed by atoms with E-state index in [2.05, 4.69) is 5.32 Å². The van der Waals surface area contributed by atoms with Crippen molar-refractivity contribution in [3.8, 4) is 0 Å². The Labute approximate surface area is 122 Å². The number of carboxylic acid groups (broad SMARTS) is 1. The van der Waals surface area contributed by atoms with Gasteiger partial charge in [0, 0.05) is 17.5 Å². The van der Waals surface area contributed by atoms with Crippen LogP contribution in [0.3, 0.4) is 0 Å². The second-order valence-electron chi connectivity index (χ2n) is 5.34. The van der Waals surface area contributed by atoms with Crippen molar-refractivity contribution in [2.24, 2.45) is 5.92 Å². The lowest BCUT2D eigenvalue weighted by Crippen LogP contribution is -2.41. The highest BCUT2D eigenvalue weighted by Crippen LogP contribution is 2.44. The fraction of sp³-hybridized carbons (Fsp3) is 0.375. The summed E-state index contributed by atoms with van der Waals surface area (Å²) in [5.74, 6) is -1.16. The van der Waals surface area contributed by atoms with Crippen molar-refractivity contribution in [2.45, 2.75) is 25.3 Å². The average molecular weight is 287 g/mol. The van der Waals surface area contributed by atoms with E-state index in [1.807, 2.05) is 18.2 Å². The van der Waals surface area contributed by atoms with E-state index in [9.17, 15) is 14.7 Å². The maximum absolute atomic E-state index is 11.8. The normalized spacial score (nSPS) is 25.7. The summed E-state index contributed by atoms with van der Waals surface area (Å²) in [6, 6.07) is 4.65. The van der Waals surface area contributed by atoms with Gasteiger partial charge in [0.15, 0.2) is 0 Å². The van der Waals surface area contributed by atoms with E-state index in [1.165, 1.54) is 0 Å². The van der Waals surface area contributed by atoms with Crippen molar-refractivity contribution in [3.05, 3.63) is 41.5 Å². The van der Waals surface area contributed by atoms with Crippen LogP contribution in [0.15, 0.2) is 30.4 Å². The van der Waals surface area contributed by atoms with Crippen LogP contribution in [-0.4, -0.2) is 29.7 Å². The Hall–Kier alpha value is -2.30. The van der Waals surface area contributed by atoms with Crippen LogP contribution in [0, 0.1) is 5.92 Å². The van der Waals surface area contributed by atoms with Crippen molar-refractivity contribution in [1.82, 2.24) is 0 Å². The lowest BCUT2D eigenvalue weighted by molar-refractivity contribution is -0.139. The first-order chi connectivity index (χ1) is 10.1. The fourth-order valence-electron chi connectivity index (χ4n) is 3.18. The number of nitrogens with one attached hydrogen (secondary N) is 1. The number of hydrogen-bond acceptors (Lipinski definition) is 4. The molecule has 0 saturated heterocycles. The Bertz CT molecular complexity index is 623. The molecule has 2 N–H and O–H groups in total. The number of carbonyl (C=O) groups excluding carboxylic acids is 1. The van der Waals surface area contributed by atoms with Gasteiger partial charge in [0.05, 0.1) is 12.2 Å². The summed E-state index contributed by atoms with van der Waals surface area (Å²) in [5.41, 5.74) is 2.25. The molecule has 21 heavy (non-hydrogen) atoms. The Morgan fingerprint density at radius 2 is 2.24 bits per heavy atom. The molecule has 0 aromatic heterocycles. The van der Waals surface area contributed by atoms with E-state index < -0.39 is 12.0 Å². The lowest BCUT2D eigenvalue weighted by Gasteiger charge is -2.34. The van der Waals surface area contributed by atoms with Crippen molar-refractivity contribution in [1.29, 1.82) is 0 Å². The van der Waals surface area contributed by atoms with Gasteiger partial charge in [-0.05, 0) is 37.1 Å². The SMILES string of the molecule is CCOC(=O)c1ccc2c(c1)[C@@H]1C=CC[C@H]1[C@H](C(=O)O)N2. The average Bonchev–Trinajstić information content (AvgIpc) is 2.95. The van der Waals surface area contributed by atoms with Gasteiger partial charge in [-0.1, -0.05) is 12.2 Å². The summed E-state index contributed by atoms with van der Waals surface area (Å²) >= 11 is 0. The van der Waals surface area contributed by atoms with Crippen molar-refractivity contribution in [3.63, 3.8) is 0 Å². The quantitative estimate of drug-likeness (QED) is 0.659. The second-order valence-corrected chi connectivity index (χ2v) is 5.34. The van der Waals surface area contributed by atoms with E-state index in [-0.39, 0.29) is 17.8 Å². The first-order valence-electron chi connectivity index (χ1n) is 7.09. The molecule has 0 fully saturated rings. The molecule has 1 aromatic carbocycles. The maximum Gasteiger partial charge on any atom is 0.338 e. The first kappa shape index (κ1) is 13.7. The fourth-order valence-corrected chi connectivity index (χ4v) is 3.18. The number of esters is 1. The van der Waals surface area contributed by atoms with Crippen LogP contribution in [0.4, 0.5) is 5.69 Å². The van der Waals surface area contributed by atoms with E-state index in [0.29, 0.717) is 12.2 Å². The molecule has 0 amide bonds. The summed E-state index contributed by atoms with van der Waals surface area (Å²) in [5, 5.41) is 12.4. The van der Waals surface area contributed by atoms with Gasteiger partial charge in [0.2, 0.25) is 0 Å². The molecular formula is C16H17NO4. The van der Waals surface area contributed by atoms with Crippen LogP contribution in [-0.2, 0) is 9.53 Å². The van der Waals surface area contributed by atoms with Crippen molar-refractivity contribution >= 4 is 17.6 Å².